The lowest BCUT2D eigenvalue weighted by Gasteiger charge is -2.51. The Balaban J connectivity index is 8.24. The molecule has 0 aliphatic heterocycles. The highest BCUT2D eigenvalue weighted by Crippen LogP contribution is 2.76. The molecule has 0 saturated heterocycles. The van der Waals surface area contributed by atoms with Crippen LogP contribution in [0.15, 0.2) is 0 Å². The molecule has 0 aromatic rings. The minimum Gasteiger partial charge on any atom is -0.198 e. The molecule has 0 aliphatic rings. The van der Waals surface area contributed by atoms with Crippen molar-refractivity contribution in [1.29, 1.82) is 0 Å². The third kappa shape index (κ3) is 3.40. The van der Waals surface area contributed by atoms with Crippen LogP contribution in [0.25, 0.3) is 0 Å². The van der Waals surface area contributed by atoms with Crippen molar-refractivity contribution in [3.05, 3.63) is 0 Å². The zero-order valence-electron chi connectivity index (χ0n) is 13.3. The molecule has 0 N–H and O–H groups in total. The van der Waals surface area contributed by atoms with Crippen molar-refractivity contribution >= 4 is 0 Å². The molecule has 0 aromatic carbocycles. The second-order valence-electron chi connectivity index (χ2n) is 5.64. The van der Waals surface area contributed by atoms with Crippen LogP contribution in [-0.2, 0) is 0 Å². The molecule has 0 unspecified atom stereocenters. The maximum atomic E-state index is 13.7. The molecule has 0 spiro atoms. The first kappa shape index (κ1) is 30.5. The van der Waals surface area contributed by atoms with Crippen LogP contribution in [0.2, 0.25) is 0 Å². The molecule has 194 valence electrons. The van der Waals surface area contributed by atoms with Gasteiger partial charge in [0, 0.05) is 0 Å². The maximum absolute atomic E-state index is 13.7. The van der Waals surface area contributed by atoms with Crippen LogP contribution in [0.3, 0.4) is 0 Å². The number of alkyl halides is 22. The summed E-state index contributed by atoms with van der Waals surface area (Å²) in [6, 6.07) is 0. The van der Waals surface area contributed by atoms with Crippen molar-refractivity contribution in [3.8, 4) is 0 Å². The van der Waals surface area contributed by atoms with Gasteiger partial charge in [-0.1, -0.05) is 0 Å². The van der Waals surface area contributed by atoms with Crippen molar-refractivity contribution < 1.29 is 96.6 Å². The molecule has 0 bridgehead atoms. The van der Waals surface area contributed by atoms with Gasteiger partial charge in [0.05, 0.1) is 0 Å². The Morgan fingerprint density at radius 3 is 0.344 bits per heavy atom. The molecule has 0 heterocycles. The highest BCUT2D eigenvalue weighted by molar-refractivity contribution is 5.21. The van der Waals surface area contributed by atoms with Gasteiger partial charge in [-0.2, -0.15) is 96.6 Å². The molecule has 0 aliphatic carbocycles. The second-order valence-corrected chi connectivity index (χ2v) is 5.64. The number of hydrogen-bond acceptors (Lipinski definition) is 0. The normalized spacial score (nSPS) is 17.1. The molecule has 0 aromatic heterocycles. The van der Waals surface area contributed by atoms with E-state index in [1.807, 2.05) is 0 Å². The van der Waals surface area contributed by atoms with Crippen molar-refractivity contribution in [2.24, 2.45) is 10.8 Å². The molecule has 0 nitrogen and oxygen atoms in total. The largest absolute Gasteiger partial charge is 0.418 e. The molecule has 0 amide bonds. The highest BCUT2D eigenvalue weighted by atomic mass is 19.5. The van der Waals surface area contributed by atoms with Crippen LogP contribution in [0.5, 0.6) is 0 Å². The molecule has 0 rings (SSSR count). The summed E-state index contributed by atoms with van der Waals surface area (Å²) >= 11 is 0. The fraction of sp³-hybridized carbons (Fsp3) is 1.00. The van der Waals surface area contributed by atoms with Gasteiger partial charge in [-0.25, -0.2) is 0 Å². The van der Waals surface area contributed by atoms with Gasteiger partial charge in [-0.3, -0.25) is 0 Å². The fourth-order valence-corrected chi connectivity index (χ4v) is 2.50. The second kappa shape index (κ2) is 6.98. The zero-order chi connectivity index (χ0) is 27.0. The average Bonchev–Trinajstić information content (AvgIpc) is 2.25. The van der Waals surface area contributed by atoms with E-state index in [0.29, 0.717) is 0 Å². The van der Waals surface area contributed by atoms with Gasteiger partial charge >= 0.3 is 59.7 Å². The van der Waals surface area contributed by atoms with Crippen LogP contribution in [-0.4, -0.2) is 48.9 Å². The van der Waals surface area contributed by atoms with E-state index >= 15 is 0 Å². The molecule has 22 heteroatoms. The van der Waals surface area contributed by atoms with E-state index in [1.54, 1.807) is 0 Å². The third-order valence-corrected chi connectivity index (χ3v) is 3.89. The molecule has 0 saturated carbocycles. The Labute approximate surface area is 158 Å². The molecular weight excluding hydrogens is 538 g/mol. The van der Waals surface area contributed by atoms with Crippen LogP contribution in [0, 0.1) is 10.8 Å². The van der Waals surface area contributed by atoms with E-state index in [2.05, 4.69) is 0 Å². The minimum absolute atomic E-state index is 8.97. The first-order chi connectivity index (χ1) is 13.2. The van der Waals surface area contributed by atoms with Gasteiger partial charge in [-0.15, -0.1) is 0 Å². The van der Waals surface area contributed by atoms with Gasteiger partial charge in [0.25, 0.3) is 0 Å². The minimum atomic E-state index is -9.85. The monoisotopic (exact) mass is 538 g/mol. The first-order valence-corrected chi connectivity index (χ1v) is 6.41. The summed E-state index contributed by atoms with van der Waals surface area (Å²) < 4.78 is 281. The molecule has 0 fully saturated rings. The van der Waals surface area contributed by atoms with E-state index < -0.39 is 59.7 Å². The van der Waals surface area contributed by atoms with E-state index in [9.17, 15) is 96.6 Å². The predicted molar refractivity (Wildman–Crippen MR) is 51.1 cm³/mol. The van der Waals surface area contributed by atoms with E-state index in [-0.39, 0.29) is 0 Å². The zero-order valence-corrected chi connectivity index (χ0v) is 13.3. The first-order valence-electron chi connectivity index (χ1n) is 6.41. The molecule has 0 radical (unpaired) electrons. The number of halogens is 22. The Hall–Kier alpha value is -1.54. The van der Waals surface area contributed by atoms with Gasteiger partial charge in [0.2, 0.25) is 0 Å². The van der Waals surface area contributed by atoms with Crippen molar-refractivity contribution in [2.45, 2.75) is 48.9 Å². The van der Waals surface area contributed by atoms with Crippen LogP contribution in [0.4, 0.5) is 96.6 Å². The van der Waals surface area contributed by atoms with Crippen molar-refractivity contribution in [3.63, 3.8) is 0 Å². The summed E-state index contributed by atoms with van der Waals surface area (Å²) in [5.74, 6) is -19.7. The summed E-state index contributed by atoms with van der Waals surface area (Å²) in [5, 5.41) is 0. The van der Waals surface area contributed by atoms with E-state index in [1.165, 1.54) is 0 Å². The Kier molecular flexibility index (Phi) is 6.65. The lowest BCUT2D eigenvalue weighted by Crippen LogP contribution is -2.81. The Morgan fingerprint density at radius 1 is 0.188 bits per heavy atom. The highest BCUT2D eigenvalue weighted by Gasteiger charge is 3.05. The lowest BCUT2D eigenvalue weighted by molar-refractivity contribution is -0.546. The Morgan fingerprint density at radius 2 is 0.281 bits per heavy atom. The Bertz CT molecular complexity index is 536. The third-order valence-electron chi connectivity index (χ3n) is 3.89. The summed E-state index contributed by atoms with van der Waals surface area (Å²) in [4.78, 5) is 0. The van der Waals surface area contributed by atoms with Crippen molar-refractivity contribution in [2.75, 3.05) is 0 Å². The lowest BCUT2D eigenvalue weighted by atomic mass is 9.66. The fourth-order valence-electron chi connectivity index (χ4n) is 2.50. The summed E-state index contributed by atoms with van der Waals surface area (Å²) in [6.45, 7) is 0. The van der Waals surface area contributed by atoms with Gasteiger partial charge in [-0.05, 0) is 0 Å². The van der Waals surface area contributed by atoms with Crippen LogP contribution < -0.4 is 0 Å². The number of hydrogen-bond donors (Lipinski definition) is 0. The smallest absolute Gasteiger partial charge is 0.198 e. The van der Waals surface area contributed by atoms with Crippen LogP contribution in [0.1, 0.15) is 0 Å². The van der Waals surface area contributed by atoms with E-state index in [4.69, 9.17) is 0 Å². The molecule has 32 heavy (non-hydrogen) atoms. The molecular formula is C10F22. The summed E-state index contributed by atoms with van der Waals surface area (Å²) in [5.41, 5.74) is -19.1. The SMILES string of the molecule is FC(F)(F)C(C(F)(F)F)(C(F)(F)F)C(F)(F)C(F)(F)C(C(F)(F)F)(C(F)(F)F)C(F)(F)F. The average molecular weight is 538 g/mol. The predicted octanol–water partition coefficient (Wildman–Crippen LogP) is 7.60. The maximum Gasteiger partial charge on any atom is 0.418 e. The van der Waals surface area contributed by atoms with Gasteiger partial charge < -0.3 is 0 Å². The van der Waals surface area contributed by atoms with Crippen LogP contribution >= 0.6 is 0 Å². The summed E-state index contributed by atoms with van der Waals surface area (Å²) in [6.07, 6.45) is -53.8. The summed E-state index contributed by atoms with van der Waals surface area (Å²) in [7, 11) is 0. The van der Waals surface area contributed by atoms with Crippen molar-refractivity contribution in [1.82, 2.24) is 0 Å². The molecule has 0 atom stereocenters. The van der Waals surface area contributed by atoms with Gasteiger partial charge in [0.15, 0.2) is 0 Å². The quantitative estimate of drug-likeness (QED) is 0.325. The van der Waals surface area contributed by atoms with Gasteiger partial charge in [0.1, 0.15) is 0 Å². The standard InChI is InChI=1S/C10F22/c11-3(12,1(5(15,16)17,6(18,19)20)7(21,22)23)4(13,14)2(8(24,25)26,9(27,28)29)10(30,31)32. The van der Waals surface area contributed by atoms with E-state index in [0.717, 1.165) is 0 Å². The topological polar surface area (TPSA) is 0 Å². The number of rotatable bonds is 3.